The standard InChI is InChI=1S/C12H10Ge.2C11H9.2ClH.Zr/c1-3-7-11(8-4-1)13-12-9-5-2-6-10-12;2*1-2-6-10(7-3-1)11-8-4-5-9-11;;;/h1-10H;2*1-3,6-9H,4H2;2*1H;/q;;;;;+2/p-2. The number of halogens is 2. The zero-order valence-electron chi connectivity index (χ0n) is 21.0. The van der Waals surface area contributed by atoms with Crippen LogP contribution < -0.4 is 33.6 Å². The molecule has 6 rings (SSSR count). The van der Waals surface area contributed by atoms with Crippen LogP contribution in [0, 0.1) is 0 Å². The van der Waals surface area contributed by atoms with E-state index in [0.717, 1.165) is 12.8 Å². The molecule has 0 amide bonds. The molecule has 0 unspecified atom stereocenters. The normalized spacial score (nSPS) is 13.6. The van der Waals surface area contributed by atoms with Crippen molar-refractivity contribution < 1.29 is 43.4 Å². The van der Waals surface area contributed by atoms with Gasteiger partial charge in [-0.15, -0.1) is 0 Å². The Labute approximate surface area is 247 Å². The van der Waals surface area contributed by atoms with Gasteiger partial charge in [0.05, 0.1) is 0 Å². The van der Waals surface area contributed by atoms with Crippen molar-refractivity contribution in [3.63, 3.8) is 0 Å². The fourth-order valence-corrected chi connectivity index (χ4v) is 38.9. The van der Waals surface area contributed by atoms with Crippen molar-refractivity contribution in [2.45, 2.75) is 12.8 Å². The van der Waals surface area contributed by atoms with Crippen molar-refractivity contribution in [1.82, 2.24) is 0 Å². The minimum atomic E-state index is -2.24. The summed E-state index contributed by atoms with van der Waals surface area (Å²) in [5.41, 5.74) is 5.52. The average Bonchev–Trinajstić information content (AvgIpc) is 3.64. The van der Waals surface area contributed by atoms with Gasteiger partial charge in [0.1, 0.15) is 0 Å². The first-order valence-electron chi connectivity index (χ1n) is 12.6. The average molecular weight is 671 g/mol. The Morgan fingerprint density at radius 3 is 1.16 bits per heavy atom. The Kier molecular flexibility index (Phi) is 10.5. The van der Waals surface area contributed by atoms with E-state index in [1.54, 1.807) is 15.4 Å². The topological polar surface area (TPSA) is 0 Å². The fraction of sp³-hybridized carbons (Fsp3) is 0.0588. The van der Waals surface area contributed by atoms with Gasteiger partial charge < -0.3 is 24.8 Å². The first kappa shape index (κ1) is 28.8. The molecule has 4 aromatic rings. The van der Waals surface area contributed by atoms with Crippen LogP contribution in [0.1, 0.15) is 24.0 Å². The van der Waals surface area contributed by atoms with Crippen molar-refractivity contribution in [2.75, 3.05) is 0 Å². The molecule has 0 aliphatic heterocycles. The Morgan fingerprint density at radius 1 is 0.447 bits per heavy atom. The number of allylic oxidation sites excluding steroid dienone is 8. The summed E-state index contributed by atoms with van der Waals surface area (Å²) in [5, 5.41) is 0. The summed E-state index contributed by atoms with van der Waals surface area (Å²) in [6.07, 6.45) is 12.4. The first-order chi connectivity index (χ1) is 17.9. The molecule has 4 heteroatoms. The summed E-state index contributed by atoms with van der Waals surface area (Å²) >= 11 is -2.24. The molecule has 0 saturated heterocycles. The van der Waals surface area contributed by atoms with Crippen LogP contribution >= 0.6 is 0 Å². The molecule has 0 saturated carbocycles. The van der Waals surface area contributed by atoms with E-state index in [9.17, 15) is 0 Å². The fourth-order valence-electron chi connectivity index (χ4n) is 5.26. The van der Waals surface area contributed by atoms with Gasteiger partial charge in [0.25, 0.3) is 0 Å². The minimum absolute atomic E-state index is 0. The molecule has 0 aromatic heterocycles. The van der Waals surface area contributed by atoms with Gasteiger partial charge in [-0.2, -0.15) is 0 Å². The van der Waals surface area contributed by atoms with Crippen molar-refractivity contribution in [1.29, 1.82) is 0 Å². The van der Waals surface area contributed by atoms with Crippen molar-refractivity contribution in [2.24, 2.45) is 0 Å². The van der Waals surface area contributed by atoms with E-state index in [2.05, 4.69) is 146 Å². The summed E-state index contributed by atoms with van der Waals surface area (Å²) < 4.78 is 6.79. The van der Waals surface area contributed by atoms with E-state index in [4.69, 9.17) is 0 Å². The second-order valence-corrected chi connectivity index (χ2v) is 30.9. The van der Waals surface area contributed by atoms with Crippen LogP contribution in [-0.2, 0) is 18.6 Å². The van der Waals surface area contributed by atoms with Gasteiger partial charge in [-0.25, -0.2) is 0 Å². The Morgan fingerprint density at radius 2 is 0.789 bits per heavy atom. The second-order valence-electron chi connectivity index (χ2n) is 9.28. The molecule has 0 spiro atoms. The van der Waals surface area contributed by atoms with Gasteiger partial charge in [-0.05, 0) is 0 Å². The quantitative estimate of drug-likeness (QED) is 0.271. The molecule has 0 radical (unpaired) electrons. The molecule has 2 aliphatic carbocycles. The maximum atomic E-state index is 2.59. The monoisotopic (exact) mass is 670 g/mol. The van der Waals surface area contributed by atoms with Crippen molar-refractivity contribution in [3.8, 4) is 0 Å². The van der Waals surface area contributed by atoms with E-state index in [1.165, 1.54) is 22.3 Å². The van der Waals surface area contributed by atoms with Crippen molar-refractivity contribution in [3.05, 3.63) is 163 Å². The van der Waals surface area contributed by atoms with E-state index < -0.39 is 28.6 Å². The minimum Gasteiger partial charge on any atom is -1.00 e. The number of benzene rings is 4. The second kappa shape index (κ2) is 13.8. The maximum absolute atomic E-state index is 2.59. The third-order valence-electron chi connectivity index (χ3n) is 6.97. The van der Waals surface area contributed by atoms with Crippen LogP contribution in [0.2, 0.25) is 0 Å². The van der Waals surface area contributed by atoms with Crippen LogP contribution in [0.4, 0.5) is 0 Å². The molecule has 4 aromatic carbocycles. The molecule has 38 heavy (non-hydrogen) atoms. The largest absolute Gasteiger partial charge is 1.00 e. The van der Waals surface area contributed by atoms with Gasteiger partial charge in [-0.3, -0.25) is 0 Å². The van der Waals surface area contributed by atoms with Gasteiger partial charge in [0, 0.05) is 0 Å². The van der Waals surface area contributed by atoms with Crippen molar-refractivity contribution >= 4 is 29.9 Å². The maximum Gasteiger partial charge on any atom is -1.00 e. The van der Waals surface area contributed by atoms with Crippen LogP contribution in [0.5, 0.6) is 0 Å². The summed E-state index contributed by atoms with van der Waals surface area (Å²) in [7, 11) is -1.80. The Bertz CT molecular complexity index is 1420. The molecule has 0 heterocycles. The van der Waals surface area contributed by atoms with E-state index >= 15 is 0 Å². The first-order valence-corrected chi connectivity index (χ1v) is 24.6. The number of hydrogen-bond acceptors (Lipinski definition) is 0. The Hall–Kier alpha value is -2.15. The van der Waals surface area contributed by atoms with E-state index in [1.807, 2.05) is 0 Å². The molecule has 0 fully saturated rings. The number of hydrogen-bond donors (Lipinski definition) is 0. The molecule has 186 valence electrons. The van der Waals surface area contributed by atoms with Gasteiger partial charge >= 0.3 is 225 Å². The van der Waals surface area contributed by atoms with Gasteiger partial charge in [0.15, 0.2) is 0 Å². The van der Waals surface area contributed by atoms with Gasteiger partial charge in [0.2, 0.25) is 0 Å². The molecule has 0 atom stereocenters. The molecular formula is C34H28Cl2GeZr. The molecule has 0 nitrogen and oxygen atoms in total. The molecule has 0 bridgehead atoms. The molecular weight excluding hydrogens is 643 g/mol. The Balaban J connectivity index is 0.00000168. The predicted octanol–water partition coefficient (Wildman–Crippen LogP) is 1.16. The zero-order valence-corrected chi connectivity index (χ0v) is 27.1. The predicted molar refractivity (Wildman–Crippen MR) is 152 cm³/mol. The zero-order chi connectivity index (χ0) is 24.2. The number of rotatable bonds is 6. The third-order valence-corrected chi connectivity index (χ3v) is 38.4. The SMILES string of the molecule is C1=C(c2ccccc2)C=[C]([Zr+2]([C]2=CC(c3ccccc3)=CC2)=[Ge]([c]2ccccc2)[c]2ccccc2)C1.[Cl-].[Cl-]. The summed E-state index contributed by atoms with van der Waals surface area (Å²) in [6.45, 7) is 0. The van der Waals surface area contributed by atoms with Crippen LogP contribution in [-0.4, -0.2) is 9.98 Å². The molecule has 2 aliphatic rings. The van der Waals surface area contributed by atoms with E-state index in [0.29, 0.717) is 0 Å². The smallest absolute Gasteiger partial charge is 1.00 e. The summed E-state index contributed by atoms with van der Waals surface area (Å²) in [4.78, 5) is 0. The van der Waals surface area contributed by atoms with Crippen LogP contribution in [0.25, 0.3) is 11.1 Å². The van der Waals surface area contributed by atoms with Gasteiger partial charge in [-0.1, -0.05) is 0 Å². The van der Waals surface area contributed by atoms with Crippen LogP contribution in [0.15, 0.2) is 152 Å². The summed E-state index contributed by atoms with van der Waals surface area (Å²) in [5.74, 6) is 0. The summed E-state index contributed by atoms with van der Waals surface area (Å²) in [6, 6.07) is 44.9. The van der Waals surface area contributed by atoms with E-state index in [-0.39, 0.29) is 24.8 Å². The third kappa shape index (κ3) is 6.35. The molecule has 0 N–H and O–H groups in total. The van der Waals surface area contributed by atoms with Crippen LogP contribution in [0.3, 0.4) is 0 Å².